The Morgan fingerprint density at radius 3 is 3.00 bits per heavy atom. The molecule has 0 atom stereocenters. The monoisotopic (exact) mass is 162 g/mol. The lowest BCUT2D eigenvalue weighted by atomic mass is 10.3. The van der Waals surface area contributed by atoms with Crippen molar-refractivity contribution in [1.82, 2.24) is 0 Å². The fourth-order valence-electron chi connectivity index (χ4n) is 1.39. The van der Waals surface area contributed by atoms with Crippen molar-refractivity contribution in [2.24, 2.45) is 0 Å². The summed E-state index contributed by atoms with van der Waals surface area (Å²) >= 11 is 0. The molecule has 1 aromatic carbocycles. The summed E-state index contributed by atoms with van der Waals surface area (Å²) in [6.45, 7) is 3.19. The predicted molar refractivity (Wildman–Crippen MR) is 46.7 cm³/mol. The summed E-state index contributed by atoms with van der Waals surface area (Å²) in [5.41, 5.74) is 2.14. The van der Waals surface area contributed by atoms with Crippen LogP contribution in [0.25, 0.3) is 11.1 Å². The summed E-state index contributed by atoms with van der Waals surface area (Å²) in [7, 11) is 0. The van der Waals surface area contributed by atoms with Gasteiger partial charge < -0.3 is 4.42 Å². The third-order valence-corrected chi connectivity index (χ3v) is 1.95. The predicted octanol–water partition coefficient (Wildman–Crippen LogP) is 2.13. The van der Waals surface area contributed by atoms with E-state index in [2.05, 4.69) is 17.6 Å². The van der Waals surface area contributed by atoms with Crippen molar-refractivity contribution < 1.29 is 8.98 Å². The van der Waals surface area contributed by atoms with Crippen LogP contribution < -0.4 is 4.57 Å². The van der Waals surface area contributed by atoms with Crippen LogP contribution in [-0.2, 0) is 6.54 Å². The average molecular weight is 162 g/mol. The average Bonchev–Trinajstić information content (AvgIpc) is 2.50. The first-order valence-corrected chi connectivity index (χ1v) is 4.27. The number of rotatable bonds is 2. The van der Waals surface area contributed by atoms with E-state index < -0.39 is 0 Å². The van der Waals surface area contributed by atoms with Crippen LogP contribution in [0.15, 0.2) is 35.1 Å². The summed E-state index contributed by atoms with van der Waals surface area (Å²) in [5.74, 6) is 0. The largest absolute Gasteiger partial charge is 0.404 e. The van der Waals surface area contributed by atoms with Gasteiger partial charge in [0.2, 0.25) is 5.58 Å². The van der Waals surface area contributed by atoms with Crippen LogP contribution in [0.1, 0.15) is 13.3 Å². The molecule has 2 rings (SSSR count). The molecule has 0 radical (unpaired) electrons. The third-order valence-electron chi connectivity index (χ3n) is 1.95. The number of nitrogens with zero attached hydrogens (tertiary/aromatic N) is 1. The second-order valence-electron chi connectivity index (χ2n) is 2.88. The Hall–Kier alpha value is -1.31. The van der Waals surface area contributed by atoms with E-state index >= 15 is 0 Å². The van der Waals surface area contributed by atoms with Crippen LogP contribution in [0.5, 0.6) is 0 Å². The van der Waals surface area contributed by atoms with Crippen molar-refractivity contribution in [3.05, 3.63) is 30.7 Å². The molecule has 0 bridgehead atoms. The Labute approximate surface area is 71.4 Å². The molecule has 1 heterocycles. The highest BCUT2D eigenvalue weighted by molar-refractivity contribution is 5.67. The minimum absolute atomic E-state index is 0.964. The Morgan fingerprint density at radius 2 is 2.17 bits per heavy atom. The number of oxazole rings is 1. The van der Waals surface area contributed by atoms with Crippen molar-refractivity contribution in [2.75, 3.05) is 0 Å². The molecule has 2 nitrogen and oxygen atoms in total. The maximum Gasteiger partial charge on any atom is 0.335 e. The number of aryl methyl sites for hydroxylation is 1. The van der Waals surface area contributed by atoms with Crippen molar-refractivity contribution in [3.8, 4) is 0 Å². The topological polar surface area (TPSA) is 17.0 Å². The normalized spacial score (nSPS) is 10.8. The van der Waals surface area contributed by atoms with Crippen LogP contribution in [0.2, 0.25) is 0 Å². The van der Waals surface area contributed by atoms with Crippen LogP contribution in [0.4, 0.5) is 0 Å². The number of aromatic nitrogens is 1. The first-order chi connectivity index (χ1) is 5.92. The van der Waals surface area contributed by atoms with Gasteiger partial charge in [-0.3, -0.25) is 0 Å². The maximum atomic E-state index is 5.36. The molecule has 2 heteroatoms. The van der Waals surface area contributed by atoms with Crippen molar-refractivity contribution in [3.63, 3.8) is 0 Å². The van der Waals surface area contributed by atoms with Gasteiger partial charge in [-0.1, -0.05) is 19.1 Å². The maximum absolute atomic E-state index is 5.36. The van der Waals surface area contributed by atoms with Crippen molar-refractivity contribution >= 4 is 11.1 Å². The lowest BCUT2D eigenvalue weighted by Gasteiger charge is -1.86. The molecular formula is C10H12NO+. The smallest absolute Gasteiger partial charge is 0.335 e. The van der Waals surface area contributed by atoms with Gasteiger partial charge in [-0.05, 0) is 6.07 Å². The molecule has 2 aromatic rings. The fraction of sp³-hybridized carbons (Fsp3) is 0.300. The number of hydrogen-bond acceptors (Lipinski definition) is 1. The Morgan fingerprint density at radius 1 is 1.33 bits per heavy atom. The lowest BCUT2D eigenvalue weighted by molar-refractivity contribution is -0.676. The summed E-state index contributed by atoms with van der Waals surface area (Å²) in [6.07, 6.45) is 2.92. The van der Waals surface area contributed by atoms with E-state index in [0.29, 0.717) is 0 Å². The summed E-state index contributed by atoms with van der Waals surface area (Å²) in [6, 6.07) is 8.09. The molecule has 0 unspecified atom stereocenters. The van der Waals surface area contributed by atoms with E-state index in [1.54, 1.807) is 6.39 Å². The lowest BCUT2D eigenvalue weighted by Crippen LogP contribution is -2.30. The Kier molecular flexibility index (Phi) is 1.82. The first-order valence-electron chi connectivity index (χ1n) is 4.27. The van der Waals surface area contributed by atoms with E-state index in [0.717, 1.165) is 18.5 Å². The highest BCUT2D eigenvalue weighted by Gasteiger charge is 2.09. The molecule has 0 fully saturated rings. The second-order valence-corrected chi connectivity index (χ2v) is 2.88. The molecule has 0 aliphatic heterocycles. The fourth-order valence-corrected chi connectivity index (χ4v) is 1.39. The molecule has 1 aromatic heterocycles. The summed E-state index contributed by atoms with van der Waals surface area (Å²) in [4.78, 5) is 0. The number of para-hydroxylation sites is 2. The van der Waals surface area contributed by atoms with Gasteiger partial charge in [-0.2, -0.15) is 4.57 Å². The third kappa shape index (κ3) is 1.09. The Bertz CT molecular complexity index is 378. The molecule has 62 valence electrons. The van der Waals surface area contributed by atoms with Gasteiger partial charge in [0, 0.05) is 12.5 Å². The zero-order chi connectivity index (χ0) is 8.39. The van der Waals surface area contributed by atoms with Gasteiger partial charge in [-0.15, -0.1) is 0 Å². The quantitative estimate of drug-likeness (QED) is 0.618. The van der Waals surface area contributed by atoms with Crippen LogP contribution in [0.3, 0.4) is 0 Å². The summed E-state index contributed by atoms with van der Waals surface area (Å²) < 4.78 is 7.50. The van der Waals surface area contributed by atoms with E-state index in [-0.39, 0.29) is 0 Å². The van der Waals surface area contributed by atoms with Gasteiger partial charge in [0.15, 0.2) is 6.54 Å². The van der Waals surface area contributed by atoms with E-state index in [9.17, 15) is 0 Å². The standard InChI is InChI=1S/C10H12NO/c1-2-7-11-8-12-10-6-4-3-5-9(10)11/h3-6,8H,2,7H2,1H3/q+1. The highest BCUT2D eigenvalue weighted by Crippen LogP contribution is 2.08. The van der Waals surface area contributed by atoms with Gasteiger partial charge in [0.05, 0.1) is 0 Å². The molecule has 0 aliphatic rings. The minimum Gasteiger partial charge on any atom is -0.404 e. The van der Waals surface area contributed by atoms with Crippen molar-refractivity contribution in [2.45, 2.75) is 19.9 Å². The van der Waals surface area contributed by atoms with Gasteiger partial charge in [0.25, 0.3) is 5.52 Å². The first kappa shape index (κ1) is 7.35. The van der Waals surface area contributed by atoms with E-state index in [4.69, 9.17) is 4.42 Å². The van der Waals surface area contributed by atoms with E-state index in [1.165, 1.54) is 5.52 Å². The number of fused-ring (bicyclic) bond motifs is 1. The van der Waals surface area contributed by atoms with Gasteiger partial charge >= 0.3 is 6.39 Å². The molecule has 0 aliphatic carbocycles. The molecular weight excluding hydrogens is 150 g/mol. The molecule has 12 heavy (non-hydrogen) atoms. The van der Waals surface area contributed by atoms with Gasteiger partial charge in [-0.25, -0.2) is 0 Å². The minimum atomic E-state index is 0.964. The number of hydrogen-bond donors (Lipinski definition) is 0. The number of benzene rings is 1. The second kappa shape index (κ2) is 2.97. The molecule has 0 saturated carbocycles. The van der Waals surface area contributed by atoms with Crippen LogP contribution in [0, 0.1) is 0 Å². The van der Waals surface area contributed by atoms with E-state index in [1.807, 2.05) is 18.2 Å². The highest BCUT2D eigenvalue weighted by atomic mass is 16.3. The molecule has 0 spiro atoms. The zero-order valence-corrected chi connectivity index (χ0v) is 7.16. The van der Waals surface area contributed by atoms with Crippen molar-refractivity contribution in [1.29, 1.82) is 0 Å². The van der Waals surface area contributed by atoms with Crippen LogP contribution in [-0.4, -0.2) is 0 Å². The Balaban J connectivity index is 2.55. The summed E-state index contributed by atoms with van der Waals surface area (Å²) in [5, 5.41) is 0. The molecule has 0 N–H and O–H groups in total. The molecule has 0 amide bonds. The van der Waals surface area contributed by atoms with Gasteiger partial charge in [0.1, 0.15) is 0 Å². The SMILES string of the molecule is CCC[n+]1coc2ccccc21. The zero-order valence-electron chi connectivity index (χ0n) is 7.16. The molecule has 0 saturated heterocycles. The van der Waals surface area contributed by atoms with Crippen LogP contribution >= 0.6 is 0 Å².